The second-order valence-electron chi connectivity index (χ2n) is 6.82. The van der Waals surface area contributed by atoms with E-state index < -0.39 is 10.0 Å². The van der Waals surface area contributed by atoms with Gasteiger partial charge >= 0.3 is 0 Å². The first-order valence-corrected chi connectivity index (χ1v) is 11.9. The number of nitrogens with zero attached hydrogens (tertiary/aromatic N) is 2. The number of ether oxygens (including phenoxy) is 1. The number of hydrogen-bond donors (Lipinski definition) is 3. The number of nitrogens with one attached hydrogen (secondary N) is 3. The van der Waals surface area contributed by atoms with Crippen molar-refractivity contribution in [1.29, 1.82) is 0 Å². The Morgan fingerprint density at radius 3 is 2.29 bits per heavy atom. The summed E-state index contributed by atoms with van der Waals surface area (Å²) in [5.74, 6) is 1.51. The average Bonchev–Trinajstić information content (AvgIpc) is 2.69. The largest absolute Gasteiger partial charge is 0.379 e. The molecule has 8 nitrogen and oxygen atoms in total. The Labute approximate surface area is 188 Å². The Kier molecular flexibility index (Phi) is 15.5. The Morgan fingerprint density at radius 2 is 1.75 bits per heavy atom. The number of halogens is 1. The molecular weight excluding hydrogens is 493 g/mol. The van der Waals surface area contributed by atoms with E-state index in [9.17, 15) is 8.42 Å². The molecule has 1 saturated heterocycles. The van der Waals surface area contributed by atoms with Crippen LogP contribution in [0, 0.1) is 5.92 Å². The van der Waals surface area contributed by atoms with Crippen molar-refractivity contribution in [2.24, 2.45) is 10.9 Å². The molecule has 0 amide bonds. The summed E-state index contributed by atoms with van der Waals surface area (Å²) in [6, 6.07) is 0.457. The molecule has 0 radical (unpaired) electrons. The lowest BCUT2D eigenvalue weighted by molar-refractivity contribution is 0.00272. The highest BCUT2D eigenvalue weighted by molar-refractivity contribution is 14.0. The van der Waals surface area contributed by atoms with Gasteiger partial charge in [0.15, 0.2) is 5.96 Å². The van der Waals surface area contributed by atoms with Crippen molar-refractivity contribution in [2.75, 3.05) is 58.7 Å². The van der Waals surface area contributed by atoms with Gasteiger partial charge in [0, 0.05) is 45.8 Å². The van der Waals surface area contributed by atoms with Gasteiger partial charge in [-0.25, -0.2) is 13.1 Å². The molecule has 1 rings (SSSR count). The topological polar surface area (TPSA) is 95.1 Å². The van der Waals surface area contributed by atoms with Crippen LogP contribution in [0.3, 0.4) is 0 Å². The van der Waals surface area contributed by atoms with Gasteiger partial charge in [-0.2, -0.15) is 0 Å². The van der Waals surface area contributed by atoms with E-state index in [4.69, 9.17) is 4.74 Å². The molecule has 0 aromatic rings. The molecule has 0 saturated carbocycles. The molecule has 1 aliphatic rings. The Hall–Kier alpha value is -0.170. The van der Waals surface area contributed by atoms with Crippen LogP contribution >= 0.6 is 24.0 Å². The average molecular weight is 534 g/mol. The monoisotopic (exact) mass is 533 g/mol. The van der Waals surface area contributed by atoms with Crippen LogP contribution in [-0.2, 0) is 14.8 Å². The third-order valence-electron chi connectivity index (χ3n) is 5.16. The third-order valence-corrected chi connectivity index (χ3v) is 6.56. The lowest BCUT2D eigenvalue weighted by Gasteiger charge is -2.39. The normalized spacial score (nSPS) is 17.2. The van der Waals surface area contributed by atoms with Crippen LogP contribution in [0.25, 0.3) is 0 Å². The number of morpholine rings is 1. The maximum absolute atomic E-state index is 11.4. The summed E-state index contributed by atoms with van der Waals surface area (Å²) < 4.78 is 30.9. The molecule has 0 spiro atoms. The zero-order valence-corrected chi connectivity index (χ0v) is 21.0. The van der Waals surface area contributed by atoms with Crippen molar-refractivity contribution >= 4 is 40.0 Å². The van der Waals surface area contributed by atoms with Gasteiger partial charge in [0.05, 0.1) is 19.0 Å². The maximum atomic E-state index is 11.4. The number of guanidine groups is 1. The van der Waals surface area contributed by atoms with Crippen LogP contribution in [0.4, 0.5) is 0 Å². The summed E-state index contributed by atoms with van der Waals surface area (Å²) >= 11 is 0. The van der Waals surface area contributed by atoms with Gasteiger partial charge in [0.25, 0.3) is 0 Å². The van der Waals surface area contributed by atoms with E-state index >= 15 is 0 Å². The van der Waals surface area contributed by atoms with Crippen molar-refractivity contribution in [3.63, 3.8) is 0 Å². The van der Waals surface area contributed by atoms with E-state index in [1.165, 1.54) is 0 Å². The summed E-state index contributed by atoms with van der Waals surface area (Å²) in [6.45, 7) is 11.7. The van der Waals surface area contributed by atoms with E-state index in [0.29, 0.717) is 31.5 Å². The zero-order valence-electron chi connectivity index (χ0n) is 17.9. The van der Waals surface area contributed by atoms with Crippen molar-refractivity contribution in [1.82, 2.24) is 20.3 Å². The lowest BCUT2D eigenvalue weighted by atomic mass is 9.92. The molecule has 0 aliphatic carbocycles. The number of sulfonamides is 1. The first-order chi connectivity index (χ1) is 13.0. The van der Waals surface area contributed by atoms with Crippen LogP contribution in [0.2, 0.25) is 0 Å². The minimum atomic E-state index is -3.11. The molecule has 0 aromatic heterocycles. The second kappa shape index (κ2) is 15.6. The molecule has 10 heteroatoms. The van der Waals surface area contributed by atoms with E-state index in [0.717, 1.165) is 51.6 Å². The Morgan fingerprint density at radius 1 is 1.11 bits per heavy atom. The summed E-state index contributed by atoms with van der Waals surface area (Å²) in [6.07, 6.45) is 3.02. The highest BCUT2D eigenvalue weighted by Crippen LogP contribution is 2.19. The van der Waals surface area contributed by atoms with Crippen LogP contribution in [0.5, 0.6) is 0 Å². The molecule has 1 atom stereocenters. The maximum Gasteiger partial charge on any atom is 0.211 e. The first-order valence-electron chi connectivity index (χ1n) is 10.2. The SMILES string of the molecule is CCC(CC)C(CNC(=NC)NCCCNS(=O)(=O)CC)N1CCOCC1.I. The predicted molar refractivity (Wildman–Crippen MR) is 127 cm³/mol. The smallest absolute Gasteiger partial charge is 0.211 e. The fourth-order valence-electron chi connectivity index (χ4n) is 3.38. The molecule has 28 heavy (non-hydrogen) atoms. The molecule has 3 N–H and O–H groups in total. The van der Waals surface area contributed by atoms with Gasteiger partial charge in [0.2, 0.25) is 10.0 Å². The van der Waals surface area contributed by atoms with Crippen LogP contribution in [-0.4, -0.2) is 84.1 Å². The van der Waals surface area contributed by atoms with Crippen molar-refractivity contribution in [3.05, 3.63) is 0 Å². The second-order valence-corrected chi connectivity index (χ2v) is 8.92. The number of hydrogen-bond acceptors (Lipinski definition) is 5. The minimum absolute atomic E-state index is 0. The molecule has 168 valence electrons. The van der Waals surface area contributed by atoms with Gasteiger partial charge in [-0.15, -0.1) is 24.0 Å². The van der Waals surface area contributed by atoms with Crippen LogP contribution in [0.15, 0.2) is 4.99 Å². The Balaban J connectivity index is 0.00000729. The third kappa shape index (κ3) is 10.6. The van der Waals surface area contributed by atoms with Gasteiger partial charge in [-0.3, -0.25) is 9.89 Å². The quantitative estimate of drug-likeness (QED) is 0.151. The standard InChI is InChI=1S/C18H39N5O3S.HI/c1-5-16(6-2)17(23-11-13-26-14-12-23)15-21-18(19-4)20-9-8-10-22-27(24,25)7-3;/h16-17,22H,5-15H2,1-4H3,(H2,19,20,21);1H. The molecule has 0 aromatic carbocycles. The summed E-state index contributed by atoms with van der Waals surface area (Å²) in [5, 5.41) is 6.72. The van der Waals surface area contributed by atoms with Crippen molar-refractivity contribution < 1.29 is 13.2 Å². The highest BCUT2D eigenvalue weighted by atomic mass is 127. The van der Waals surface area contributed by atoms with Crippen LogP contribution in [0.1, 0.15) is 40.0 Å². The molecule has 1 unspecified atom stereocenters. The van der Waals surface area contributed by atoms with Gasteiger partial charge in [-0.05, 0) is 19.3 Å². The summed E-state index contributed by atoms with van der Waals surface area (Å²) in [5.41, 5.74) is 0. The lowest BCUT2D eigenvalue weighted by Crippen LogP contribution is -2.53. The van der Waals surface area contributed by atoms with Gasteiger partial charge < -0.3 is 15.4 Å². The fourth-order valence-corrected chi connectivity index (χ4v) is 4.04. The predicted octanol–water partition coefficient (Wildman–Crippen LogP) is 1.24. The molecular formula is C18H40IN5O3S. The summed E-state index contributed by atoms with van der Waals surface area (Å²) in [7, 11) is -1.35. The molecule has 1 fully saturated rings. The number of aliphatic imine (C=N–C) groups is 1. The molecule has 1 heterocycles. The first kappa shape index (κ1) is 27.8. The van der Waals surface area contributed by atoms with Crippen LogP contribution < -0.4 is 15.4 Å². The summed E-state index contributed by atoms with van der Waals surface area (Å²) in [4.78, 5) is 6.82. The molecule has 1 aliphatic heterocycles. The Bertz CT molecular complexity index is 523. The van der Waals surface area contributed by atoms with E-state index in [-0.39, 0.29) is 29.7 Å². The molecule has 0 bridgehead atoms. The fraction of sp³-hybridized carbons (Fsp3) is 0.944. The van der Waals surface area contributed by atoms with Crippen molar-refractivity contribution in [3.8, 4) is 0 Å². The number of rotatable bonds is 12. The van der Waals surface area contributed by atoms with E-state index in [2.05, 4.69) is 39.1 Å². The van der Waals surface area contributed by atoms with E-state index in [1.807, 2.05) is 0 Å². The van der Waals surface area contributed by atoms with Gasteiger partial charge in [0.1, 0.15) is 0 Å². The van der Waals surface area contributed by atoms with E-state index in [1.54, 1.807) is 14.0 Å². The minimum Gasteiger partial charge on any atom is -0.379 e. The highest BCUT2D eigenvalue weighted by Gasteiger charge is 2.26. The van der Waals surface area contributed by atoms with Gasteiger partial charge in [-0.1, -0.05) is 26.7 Å². The van der Waals surface area contributed by atoms with Crippen molar-refractivity contribution in [2.45, 2.75) is 46.1 Å². The zero-order chi connectivity index (χ0) is 20.1.